The van der Waals surface area contributed by atoms with Crippen LogP contribution in [0.1, 0.15) is 18.5 Å². The van der Waals surface area contributed by atoms with Crippen molar-refractivity contribution in [2.45, 2.75) is 31.4 Å². The first-order valence-electron chi connectivity index (χ1n) is 9.08. The molecule has 1 aromatic heterocycles. The average Bonchev–Trinajstić information content (AvgIpc) is 2.68. The lowest BCUT2D eigenvalue weighted by atomic mass is 10.1. The third kappa shape index (κ3) is 6.62. The summed E-state index contributed by atoms with van der Waals surface area (Å²) in [4.78, 5) is 21.1. The van der Waals surface area contributed by atoms with Gasteiger partial charge in [-0.2, -0.15) is 13.2 Å². The van der Waals surface area contributed by atoms with Gasteiger partial charge < -0.3 is 20.3 Å². The Morgan fingerprint density at radius 1 is 1.03 bits per heavy atom. The maximum absolute atomic E-state index is 12.8. The van der Waals surface area contributed by atoms with Crippen LogP contribution in [0.5, 0.6) is 5.75 Å². The minimum atomic E-state index is -4.81. The van der Waals surface area contributed by atoms with Gasteiger partial charge in [0, 0.05) is 31.0 Å². The van der Waals surface area contributed by atoms with Crippen LogP contribution in [0.4, 0.5) is 42.8 Å². The van der Waals surface area contributed by atoms with E-state index in [9.17, 15) is 31.1 Å². The van der Waals surface area contributed by atoms with Crippen LogP contribution in [-0.4, -0.2) is 41.5 Å². The summed E-state index contributed by atoms with van der Waals surface area (Å²) in [7, 11) is 0. The van der Waals surface area contributed by atoms with Crippen LogP contribution in [-0.2, 0) is 6.18 Å². The molecule has 1 fully saturated rings. The van der Waals surface area contributed by atoms with Crippen molar-refractivity contribution in [2.24, 2.45) is 0 Å². The maximum atomic E-state index is 12.8. The van der Waals surface area contributed by atoms with Crippen molar-refractivity contribution in [2.75, 3.05) is 23.3 Å². The van der Waals surface area contributed by atoms with Gasteiger partial charge in [-0.1, -0.05) is 0 Å². The summed E-state index contributed by atoms with van der Waals surface area (Å²) in [6.07, 6.45) is -7.42. The number of benzene rings is 1. The number of carbonyl (C=O) groups is 1. The average molecular weight is 449 g/mol. The minimum Gasteiger partial charge on any atom is -0.406 e. The van der Waals surface area contributed by atoms with E-state index in [0.29, 0.717) is 25.9 Å². The number of carbonyl (C=O) groups excluding carboxylic acids is 1. The second-order valence-electron chi connectivity index (χ2n) is 6.67. The first-order valence-corrected chi connectivity index (χ1v) is 9.08. The van der Waals surface area contributed by atoms with Crippen LogP contribution in [0.15, 0.2) is 36.5 Å². The molecule has 1 aromatic carbocycles. The summed E-state index contributed by atoms with van der Waals surface area (Å²) in [6.45, 7) is 0.686. The largest absolute Gasteiger partial charge is 0.573 e. The van der Waals surface area contributed by atoms with Crippen molar-refractivity contribution in [3.05, 3.63) is 42.2 Å². The number of hydrogen-bond acceptors (Lipinski definition) is 5. The van der Waals surface area contributed by atoms with Crippen molar-refractivity contribution in [1.82, 2.24) is 15.3 Å². The van der Waals surface area contributed by atoms with Gasteiger partial charge in [-0.25, -0.2) is 14.8 Å². The summed E-state index contributed by atoms with van der Waals surface area (Å²) in [5.74, 6) is -0.443. The van der Waals surface area contributed by atoms with Gasteiger partial charge in [-0.15, -0.1) is 13.2 Å². The monoisotopic (exact) mass is 449 g/mol. The first kappa shape index (κ1) is 22.4. The van der Waals surface area contributed by atoms with Crippen LogP contribution in [0.25, 0.3) is 0 Å². The van der Waals surface area contributed by atoms with Crippen LogP contribution < -0.4 is 20.3 Å². The van der Waals surface area contributed by atoms with Crippen molar-refractivity contribution < 1.29 is 35.9 Å². The second-order valence-corrected chi connectivity index (χ2v) is 6.67. The van der Waals surface area contributed by atoms with E-state index in [-0.39, 0.29) is 17.7 Å². The molecular formula is C18H17F6N5O2. The quantitative estimate of drug-likeness (QED) is 0.685. The number of halogens is 6. The zero-order valence-electron chi connectivity index (χ0n) is 15.8. The minimum absolute atomic E-state index is 0.0288. The molecule has 0 aliphatic carbocycles. The molecule has 3 rings (SSSR count). The fraction of sp³-hybridized carbons (Fsp3) is 0.389. The normalized spacial score (nSPS) is 15.5. The molecular weight excluding hydrogens is 432 g/mol. The number of nitrogens with one attached hydrogen (secondary N) is 2. The summed E-state index contributed by atoms with van der Waals surface area (Å²) >= 11 is 0. The Morgan fingerprint density at radius 3 is 2.26 bits per heavy atom. The highest BCUT2D eigenvalue weighted by Gasteiger charge is 2.34. The lowest BCUT2D eigenvalue weighted by Gasteiger charge is -2.32. The third-order valence-corrected chi connectivity index (χ3v) is 4.39. The van der Waals surface area contributed by atoms with Crippen molar-refractivity contribution >= 4 is 17.7 Å². The number of ether oxygens (including phenoxy) is 1. The van der Waals surface area contributed by atoms with E-state index in [1.54, 1.807) is 4.90 Å². The molecule has 2 amide bonds. The molecule has 0 atom stereocenters. The number of nitrogens with zero attached hydrogens (tertiary/aromatic N) is 3. The fourth-order valence-electron chi connectivity index (χ4n) is 2.97. The van der Waals surface area contributed by atoms with Crippen molar-refractivity contribution in [3.63, 3.8) is 0 Å². The highest BCUT2D eigenvalue weighted by Crippen LogP contribution is 2.28. The van der Waals surface area contributed by atoms with E-state index < -0.39 is 30.0 Å². The number of aromatic nitrogens is 2. The lowest BCUT2D eigenvalue weighted by molar-refractivity contribution is -0.274. The van der Waals surface area contributed by atoms with Gasteiger partial charge in [0.05, 0.1) is 0 Å². The number of rotatable bonds is 4. The van der Waals surface area contributed by atoms with Crippen molar-refractivity contribution in [1.29, 1.82) is 0 Å². The van der Waals surface area contributed by atoms with E-state index in [2.05, 4.69) is 25.3 Å². The number of amides is 2. The number of hydrogen-bond donors (Lipinski definition) is 2. The summed E-state index contributed by atoms with van der Waals surface area (Å²) in [5, 5.41) is 5.22. The predicted octanol–water partition coefficient (Wildman–Crippen LogP) is 4.18. The Morgan fingerprint density at radius 2 is 1.68 bits per heavy atom. The van der Waals surface area contributed by atoms with Crippen LogP contribution in [0.3, 0.4) is 0 Å². The molecule has 0 unspecified atom stereocenters. The van der Waals surface area contributed by atoms with E-state index in [1.165, 1.54) is 12.1 Å². The molecule has 0 radical (unpaired) electrons. The van der Waals surface area contributed by atoms with Crippen LogP contribution in [0.2, 0.25) is 0 Å². The molecule has 2 N–H and O–H groups in total. The third-order valence-electron chi connectivity index (χ3n) is 4.39. The van der Waals surface area contributed by atoms with E-state index in [0.717, 1.165) is 24.4 Å². The highest BCUT2D eigenvalue weighted by molar-refractivity contribution is 5.89. The molecule has 31 heavy (non-hydrogen) atoms. The summed E-state index contributed by atoms with van der Waals surface area (Å²) < 4.78 is 78.6. The molecule has 13 heteroatoms. The van der Waals surface area contributed by atoms with E-state index in [1.807, 2.05) is 0 Å². The number of piperidine rings is 1. The standard InChI is InChI=1S/C18H17F6N5O2/c19-17(20,21)14-5-8-25-15(28-14)29-9-6-12(7-10-29)27-16(30)26-11-1-3-13(4-2-11)31-18(22,23)24/h1-5,8,12H,6-7,9-10H2,(H2,26,27,30). The van der Waals surface area contributed by atoms with Crippen LogP contribution >= 0.6 is 0 Å². The van der Waals surface area contributed by atoms with Crippen molar-refractivity contribution in [3.8, 4) is 5.75 Å². The highest BCUT2D eigenvalue weighted by atomic mass is 19.4. The molecule has 0 saturated carbocycles. The molecule has 0 spiro atoms. The van der Waals surface area contributed by atoms with E-state index >= 15 is 0 Å². The number of alkyl halides is 6. The molecule has 1 aliphatic rings. The Kier molecular flexibility index (Phi) is 6.41. The molecule has 7 nitrogen and oxygen atoms in total. The van der Waals surface area contributed by atoms with Gasteiger partial charge in [-0.3, -0.25) is 0 Å². The van der Waals surface area contributed by atoms with Gasteiger partial charge in [0.25, 0.3) is 0 Å². The molecule has 1 saturated heterocycles. The Balaban J connectivity index is 1.48. The van der Waals surface area contributed by atoms with Gasteiger partial charge in [0.1, 0.15) is 11.4 Å². The van der Waals surface area contributed by atoms with Gasteiger partial charge in [-0.05, 0) is 43.2 Å². The topological polar surface area (TPSA) is 79.4 Å². The number of urea groups is 1. The fourth-order valence-corrected chi connectivity index (χ4v) is 2.97. The van der Waals surface area contributed by atoms with Crippen LogP contribution in [0, 0.1) is 0 Å². The number of anilines is 2. The summed E-state index contributed by atoms with van der Waals surface area (Å²) in [6, 6.07) is 4.65. The summed E-state index contributed by atoms with van der Waals surface area (Å²) in [5.41, 5.74) is -0.759. The second kappa shape index (κ2) is 8.86. The van der Waals surface area contributed by atoms with E-state index in [4.69, 9.17) is 0 Å². The predicted molar refractivity (Wildman–Crippen MR) is 97.5 cm³/mol. The zero-order chi connectivity index (χ0) is 22.6. The van der Waals surface area contributed by atoms with Gasteiger partial charge >= 0.3 is 18.6 Å². The van der Waals surface area contributed by atoms with Gasteiger partial charge in [0.15, 0.2) is 0 Å². The Labute approximate surface area is 172 Å². The molecule has 168 valence electrons. The first-order chi connectivity index (χ1) is 14.5. The molecule has 2 heterocycles. The smallest absolute Gasteiger partial charge is 0.406 e. The zero-order valence-corrected chi connectivity index (χ0v) is 15.8. The Hall–Kier alpha value is -3.25. The Bertz CT molecular complexity index is 896. The molecule has 1 aliphatic heterocycles. The van der Waals surface area contributed by atoms with Gasteiger partial charge in [0.2, 0.25) is 5.95 Å². The molecule has 2 aromatic rings. The molecule has 0 bridgehead atoms. The lowest BCUT2D eigenvalue weighted by Crippen LogP contribution is -2.46. The SMILES string of the molecule is O=C(Nc1ccc(OC(F)(F)F)cc1)NC1CCN(c2nccc(C(F)(F)F)n2)CC1. The maximum Gasteiger partial charge on any atom is 0.573 e.